The fourth-order valence-corrected chi connectivity index (χ4v) is 2.56. The number of ketones is 1. The molecule has 0 radical (unpaired) electrons. The van der Waals surface area contributed by atoms with Gasteiger partial charge in [-0.15, -0.1) is 0 Å². The van der Waals surface area contributed by atoms with E-state index in [9.17, 15) is 4.79 Å². The third kappa shape index (κ3) is 3.81. The molecule has 1 aromatic rings. The number of aliphatic hydroxyl groups excluding tert-OH is 1. The summed E-state index contributed by atoms with van der Waals surface area (Å²) in [6.07, 6.45) is 1.64. The second-order valence-electron chi connectivity index (χ2n) is 5.20. The number of nitrogens with zero attached hydrogens (tertiary/aromatic N) is 2. The molecule has 5 nitrogen and oxygen atoms in total. The molecule has 0 spiro atoms. The molecule has 1 aromatic carbocycles. The Morgan fingerprint density at radius 1 is 1.30 bits per heavy atom. The smallest absolute Gasteiger partial charge is 0.202 e. The Morgan fingerprint density at radius 2 is 1.96 bits per heavy atom. The lowest BCUT2D eigenvalue weighted by Gasteiger charge is -2.22. The normalized spacial score (nSPS) is 16.8. The van der Waals surface area contributed by atoms with Crippen LogP contribution in [0.1, 0.15) is 13.8 Å². The number of carbonyl (C=O) groups is 1. The molecule has 0 saturated carbocycles. The number of aliphatic imine (C=N–C) groups is 1. The molecule has 0 saturated heterocycles. The van der Waals surface area contributed by atoms with Gasteiger partial charge in [0.05, 0.1) is 23.7 Å². The predicted octanol–water partition coefficient (Wildman–Crippen LogP) is 2.52. The van der Waals surface area contributed by atoms with Crippen LogP contribution in [0, 0.1) is 0 Å². The highest BCUT2D eigenvalue weighted by molar-refractivity contribution is 6.49. The van der Waals surface area contributed by atoms with E-state index in [4.69, 9.17) is 22.4 Å². The lowest BCUT2D eigenvalue weighted by molar-refractivity contribution is -0.111. The van der Waals surface area contributed by atoms with Crippen LogP contribution in [-0.4, -0.2) is 36.3 Å². The van der Waals surface area contributed by atoms with E-state index in [2.05, 4.69) is 9.89 Å². The van der Waals surface area contributed by atoms with Gasteiger partial charge in [-0.3, -0.25) is 4.79 Å². The summed E-state index contributed by atoms with van der Waals surface area (Å²) < 4.78 is 0. The van der Waals surface area contributed by atoms with Crippen LogP contribution in [0.2, 0.25) is 0 Å². The first-order valence-corrected chi connectivity index (χ1v) is 7.79. The van der Waals surface area contributed by atoms with Crippen molar-refractivity contribution in [3.05, 3.63) is 46.6 Å². The summed E-state index contributed by atoms with van der Waals surface area (Å²) in [6, 6.07) is 7.60. The minimum Gasteiger partial charge on any atom is -0.396 e. The summed E-state index contributed by atoms with van der Waals surface area (Å²) in [6.45, 7) is 5.22. The number of hydrogen-bond acceptors (Lipinski definition) is 5. The summed E-state index contributed by atoms with van der Waals surface area (Å²) in [5.74, 6) is -0.263. The quantitative estimate of drug-likeness (QED) is 0.811. The summed E-state index contributed by atoms with van der Waals surface area (Å²) in [5, 5.41) is 9.09. The van der Waals surface area contributed by atoms with Gasteiger partial charge in [0, 0.05) is 24.4 Å². The fourth-order valence-electron chi connectivity index (χ4n) is 2.32. The van der Waals surface area contributed by atoms with Crippen molar-refractivity contribution in [1.29, 1.82) is 0 Å². The number of anilines is 1. The van der Waals surface area contributed by atoms with E-state index in [0.29, 0.717) is 17.8 Å². The number of benzene rings is 1. The van der Waals surface area contributed by atoms with E-state index in [1.807, 2.05) is 31.2 Å². The van der Waals surface area contributed by atoms with Crippen LogP contribution in [0.3, 0.4) is 0 Å². The molecule has 0 aromatic heterocycles. The highest BCUT2D eigenvalue weighted by Crippen LogP contribution is 2.24. The fraction of sp³-hybridized carbons (Fsp3) is 0.294. The minimum atomic E-state index is -0.263. The highest BCUT2D eigenvalue weighted by Gasteiger charge is 2.21. The number of rotatable bonds is 5. The molecule has 0 heterocycles. The lowest BCUT2D eigenvalue weighted by atomic mass is 10.0. The summed E-state index contributed by atoms with van der Waals surface area (Å²) in [5.41, 5.74) is 8.80. The molecule has 0 aliphatic heterocycles. The van der Waals surface area contributed by atoms with Gasteiger partial charge < -0.3 is 15.7 Å². The largest absolute Gasteiger partial charge is 0.396 e. The zero-order chi connectivity index (χ0) is 17.0. The number of Topliss-reactive ketones (excluding diaryl/α,β-unsaturated/α-hetero) is 1. The van der Waals surface area contributed by atoms with Crippen LogP contribution >= 0.6 is 11.6 Å². The average molecular weight is 334 g/mol. The predicted molar refractivity (Wildman–Crippen MR) is 94.3 cm³/mol. The molecule has 3 N–H and O–H groups in total. The van der Waals surface area contributed by atoms with E-state index < -0.39 is 0 Å². The Labute approximate surface area is 140 Å². The van der Waals surface area contributed by atoms with Crippen LogP contribution in [0.25, 0.3) is 0 Å². The molecular weight excluding hydrogens is 314 g/mol. The van der Waals surface area contributed by atoms with Crippen LogP contribution < -0.4 is 10.6 Å². The third-order valence-electron chi connectivity index (χ3n) is 3.64. The molecule has 6 heteroatoms. The van der Waals surface area contributed by atoms with Crippen molar-refractivity contribution < 1.29 is 9.90 Å². The molecule has 1 aliphatic carbocycles. The zero-order valence-corrected chi connectivity index (χ0v) is 14.0. The van der Waals surface area contributed by atoms with Gasteiger partial charge in [0.15, 0.2) is 0 Å². The van der Waals surface area contributed by atoms with Crippen molar-refractivity contribution in [2.45, 2.75) is 13.8 Å². The van der Waals surface area contributed by atoms with Crippen LogP contribution in [0.5, 0.6) is 0 Å². The number of hydrogen-bond donors (Lipinski definition) is 2. The molecule has 0 fully saturated rings. The number of nitrogens with two attached hydrogens (primary N) is 1. The molecule has 0 amide bonds. The van der Waals surface area contributed by atoms with Crippen LogP contribution in [0.15, 0.2) is 51.6 Å². The third-order valence-corrected chi connectivity index (χ3v) is 4.01. The van der Waals surface area contributed by atoms with Gasteiger partial charge >= 0.3 is 0 Å². The van der Waals surface area contributed by atoms with Crippen LogP contribution in [0.4, 0.5) is 11.4 Å². The van der Waals surface area contributed by atoms with E-state index in [0.717, 1.165) is 17.9 Å². The standard InChI is InChI=1S/C17H20ClN3O2/c1-3-21(8-9-22)13-6-4-12(5-7-13)20-14-10-11(2)17(23)15(18)16(14)19/h4-7,10,22H,3,8-9,19H2,1-2H3/b20-14-. The first-order valence-electron chi connectivity index (χ1n) is 7.41. The second kappa shape index (κ2) is 7.44. The van der Waals surface area contributed by atoms with Gasteiger partial charge in [-0.25, -0.2) is 4.99 Å². The van der Waals surface area contributed by atoms with Gasteiger partial charge in [0.2, 0.25) is 5.78 Å². The van der Waals surface area contributed by atoms with Gasteiger partial charge in [-0.1, -0.05) is 11.6 Å². The summed E-state index contributed by atoms with van der Waals surface area (Å²) >= 11 is 5.95. The zero-order valence-electron chi connectivity index (χ0n) is 13.2. The van der Waals surface area contributed by atoms with Gasteiger partial charge in [0.1, 0.15) is 5.03 Å². The Bertz CT molecular complexity index is 690. The van der Waals surface area contributed by atoms with Crippen molar-refractivity contribution in [2.75, 3.05) is 24.6 Å². The SMILES string of the molecule is CCN(CCO)c1ccc(/N=C2/C=C(C)C(=O)C(Cl)=C2N)cc1. The molecule has 23 heavy (non-hydrogen) atoms. The maximum atomic E-state index is 11.7. The van der Waals surface area contributed by atoms with Gasteiger partial charge in [0.25, 0.3) is 0 Å². The van der Waals surface area contributed by atoms with Gasteiger partial charge in [-0.05, 0) is 44.2 Å². The Morgan fingerprint density at radius 3 is 2.52 bits per heavy atom. The van der Waals surface area contributed by atoms with E-state index >= 15 is 0 Å². The maximum absolute atomic E-state index is 11.7. The van der Waals surface area contributed by atoms with Crippen LogP contribution in [-0.2, 0) is 4.79 Å². The summed E-state index contributed by atoms with van der Waals surface area (Å²) in [4.78, 5) is 18.2. The monoisotopic (exact) mass is 333 g/mol. The molecule has 1 aliphatic rings. The highest BCUT2D eigenvalue weighted by atomic mass is 35.5. The molecule has 122 valence electrons. The van der Waals surface area contributed by atoms with Crippen molar-refractivity contribution in [2.24, 2.45) is 10.7 Å². The first kappa shape index (κ1) is 17.2. The number of allylic oxidation sites excluding steroid dienone is 3. The minimum absolute atomic E-state index is 0.0143. The molecule has 0 atom stereocenters. The Balaban J connectivity index is 2.28. The van der Waals surface area contributed by atoms with Crippen molar-refractivity contribution in [1.82, 2.24) is 0 Å². The average Bonchev–Trinajstić information content (AvgIpc) is 2.56. The molecule has 0 bridgehead atoms. The topological polar surface area (TPSA) is 78.9 Å². The van der Waals surface area contributed by atoms with E-state index in [1.165, 1.54) is 0 Å². The van der Waals surface area contributed by atoms with E-state index in [-0.39, 0.29) is 23.1 Å². The number of halogens is 1. The molecule has 2 rings (SSSR count). The van der Waals surface area contributed by atoms with E-state index in [1.54, 1.807) is 13.0 Å². The molecule has 0 unspecified atom stereocenters. The van der Waals surface area contributed by atoms with Crippen molar-refractivity contribution in [3.63, 3.8) is 0 Å². The number of likely N-dealkylation sites (N-methyl/N-ethyl adjacent to an activating group) is 1. The first-order chi connectivity index (χ1) is 11.0. The number of carbonyl (C=O) groups excluding carboxylic acids is 1. The lowest BCUT2D eigenvalue weighted by Crippen LogP contribution is -2.25. The van der Waals surface area contributed by atoms with Crippen molar-refractivity contribution in [3.8, 4) is 0 Å². The second-order valence-corrected chi connectivity index (χ2v) is 5.58. The maximum Gasteiger partial charge on any atom is 0.202 e. The Hall–Kier alpha value is -2.11. The van der Waals surface area contributed by atoms with Gasteiger partial charge in [-0.2, -0.15) is 0 Å². The van der Waals surface area contributed by atoms with Crippen molar-refractivity contribution >= 4 is 34.5 Å². The summed E-state index contributed by atoms with van der Waals surface area (Å²) in [7, 11) is 0. The molecular formula is C17H20ClN3O2. The Kier molecular flexibility index (Phi) is 5.58. The number of aliphatic hydroxyl groups is 1.